The van der Waals surface area contributed by atoms with E-state index in [-0.39, 0.29) is 23.9 Å². The Bertz CT molecular complexity index is 922. The predicted molar refractivity (Wildman–Crippen MR) is 92.1 cm³/mol. The van der Waals surface area contributed by atoms with Crippen molar-refractivity contribution in [3.63, 3.8) is 0 Å². The number of aromatic amines is 2. The Morgan fingerprint density at radius 2 is 2.24 bits per heavy atom. The van der Waals surface area contributed by atoms with Gasteiger partial charge in [-0.3, -0.25) is 14.6 Å². The van der Waals surface area contributed by atoms with Crippen molar-refractivity contribution in [2.24, 2.45) is 5.10 Å². The van der Waals surface area contributed by atoms with Crippen molar-refractivity contribution >= 4 is 33.9 Å². The average Bonchev–Trinajstić information content (AvgIpc) is 2.57. The standard InChI is InChI=1S/C13H13BrN6O5/c1-25-8-3-6(2-7(14)10(8)22)4-16-18-9(21)5-15-11-12(23)17-13(24)20-19-11/h2-4,22H,5H2,1H3,(H,15,19)(H,18,21)(H2,17,20,23,24)/b16-4-. The van der Waals surface area contributed by atoms with Crippen molar-refractivity contribution in [1.82, 2.24) is 20.6 Å². The van der Waals surface area contributed by atoms with Crippen LogP contribution in [-0.4, -0.2) is 46.1 Å². The molecule has 0 radical (unpaired) electrons. The quantitative estimate of drug-likeness (QED) is 0.315. The first kappa shape index (κ1) is 18.2. The number of aromatic hydroxyl groups is 1. The van der Waals surface area contributed by atoms with Crippen LogP contribution < -0.4 is 26.7 Å². The SMILES string of the molecule is COc1cc(/C=N\NC(=O)CNc2n[nH]c(=O)[nH]c2=O)cc(Br)c1O. The van der Waals surface area contributed by atoms with E-state index in [1.165, 1.54) is 19.4 Å². The van der Waals surface area contributed by atoms with Crippen LogP contribution in [0.25, 0.3) is 0 Å². The fraction of sp³-hybridized carbons (Fsp3) is 0.154. The number of benzene rings is 1. The molecule has 0 aliphatic rings. The number of halogens is 1. The molecule has 5 N–H and O–H groups in total. The van der Waals surface area contributed by atoms with E-state index in [0.29, 0.717) is 10.0 Å². The Morgan fingerprint density at radius 3 is 2.92 bits per heavy atom. The highest BCUT2D eigenvalue weighted by molar-refractivity contribution is 9.10. The minimum atomic E-state index is -0.750. The summed E-state index contributed by atoms with van der Waals surface area (Å²) in [4.78, 5) is 35.8. The molecule has 0 aliphatic heterocycles. The molecule has 0 bridgehead atoms. The van der Waals surface area contributed by atoms with Crippen LogP contribution in [0, 0.1) is 0 Å². The van der Waals surface area contributed by atoms with E-state index < -0.39 is 17.2 Å². The first-order chi connectivity index (χ1) is 11.9. The second kappa shape index (κ2) is 8.10. The average molecular weight is 413 g/mol. The molecule has 2 aromatic rings. The van der Waals surface area contributed by atoms with Crippen LogP contribution >= 0.6 is 15.9 Å². The molecule has 2 rings (SSSR count). The maximum Gasteiger partial charge on any atom is 0.342 e. The van der Waals surface area contributed by atoms with Crippen molar-refractivity contribution in [2.45, 2.75) is 0 Å². The number of nitrogens with zero attached hydrogens (tertiary/aromatic N) is 2. The zero-order valence-electron chi connectivity index (χ0n) is 12.8. The summed E-state index contributed by atoms with van der Waals surface area (Å²) in [5, 5.41) is 21.4. The summed E-state index contributed by atoms with van der Waals surface area (Å²) in [5.41, 5.74) is 1.31. The molecule has 132 valence electrons. The van der Waals surface area contributed by atoms with Gasteiger partial charge in [0.1, 0.15) is 0 Å². The lowest BCUT2D eigenvalue weighted by atomic mass is 10.2. The molecule has 25 heavy (non-hydrogen) atoms. The van der Waals surface area contributed by atoms with Crippen molar-refractivity contribution in [3.8, 4) is 11.5 Å². The molecule has 0 atom stereocenters. The van der Waals surface area contributed by atoms with Crippen LogP contribution in [0.3, 0.4) is 0 Å². The first-order valence-corrected chi connectivity index (χ1v) is 7.51. The molecule has 0 fully saturated rings. The van der Waals surface area contributed by atoms with E-state index in [1.54, 1.807) is 6.07 Å². The Hall–Kier alpha value is -3.15. The molecule has 12 heteroatoms. The van der Waals surface area contributed by atoms with Crippen LogP contribution in [0.15, 0.2) is 31.3 Å². The number of hydrogen-bond acceptors (Lipinski definition) is 8. The maximum absolute atomic E-state index is 11.7. The molecule has 1 aromatic heterocycles. The summed E-state index contributed by atoms with van der Waals surface area (Å²) >= 11 is 3.17. The third-order valence-electron chi connectivity index (χ3n) is 2.80. The van der Waals surface area contributed by atoms with Gasteiger partial charge in [0.2, 0.25) is 5.82 Å². The molecular formula is C13H13BrN6O5. The molecule has 1 aromatic carbocycles. The van der Waals surface area contributed by atoms with Gasteiger partial charge < -0.3 is 15.2 Å². The van der Waals surface area contributed by atoms with E-state index in [2.05, 4.69) is 36.9 Å². The smallest absolute Gasteiger partial charge is 0.342 e. The number of anilines is 1. The fourth-order valence-corrected chi connectivity index (χ4v) is 2.13. The van der Waals surface area contributed by atoms with Crippen molar-refractivity contribution in [3.05, 3.63) is 43.0 Å². The van der Waals surface area contributed by atoms with Gasteiger partial charge in [0.25, 0.3) is 11.5 Å². The number of phenolic OH excluding ortho intramolecular Hbond substituents is 1. The molecule has 1 heterocycles. The van der Waals surface area contributed by atoms with E-state index in [9.17, 15) is 19.5 Å². The number of methoxy groups -OCH3 is 1. The summed E-state index contributed by atoms with van der Waals surface area (Å²) in [6.45, 7) is -0.290. The predicted octanol–water partition coefficient (Wildman–Crippen LogP) is -0.503. The number of phenols is 1. The summed E-state index contributed by atoms with van der Waals surface area (Å²) in [6.07, 6.45) is 1.34. The Kier molecular flexibility index (Phi) is 5.89. The third kappa shape index (κ3) is 4.91. The number of amides is 1. The third-order valence-corrected chi connectivity index (χ3v) is 3.41. The topological polar surface area (TPSA) is 162 Å². The van der Waals surface area contributed by atoms with Gasteiger partial charge in [0.05, 0.1) is 24.3 Å². The zero-order chi connectivity index (χ0) is 18.4. The minimum Gasteiger partial charge on any atom is -0.503 e. The van der Waals surface area contributed by atoms with Gasteiger partial charge in [0, 0.05) is 0 Å². The number of aromatic nitrogens is 3. The molecule has 0 saturated heterocycles. The van der Waals surface area contributed by atoms with Gasteiger partial charge in [-0.1, -0.05) is 0 Å². The molecular weight excluding hydrogens is 400 g/mol. The van der Waals surface area contributed by atoms with E-state index in [0.717, 1.165) is 0 Å². The monoisotopic (exact) mass is 412 g/mol. The summed E-state index contributed by atoms with van der Waals surface area (Å²) in [7, 11) is 1.41. The lowest BCUT2D eigenvalue weighted by Crippen LogP contribution is -2.31. The second-order valence-corrected chi connectivity index (χ2v) is 5.41. The van der Waals surface area contributed by atoms with Crippen LogP contribution in [0.4, 0.5) is 5.82 Å². The van der Waals surface area contributed by atoms with Crippen LogP contribution in [0.5, 0.6) is 11.5 Å². The molecule has 1 amide bonds. The van der Waals surface area contributed by atoms with E-state index in [1.807, 2.05) is 10.1 Å². The Morgan fingerprint density at radius 1 is 1.48 bits per heavy atom. The minimum absolute atomic E-state index is 0.0495. The number of carbonyl (C=O) groups is 1. The van der Waals surface area contributed by atoms with Crippen LogP contribution in [0.2, 0.25) is 0 Å². The normalized spacial score (nSPS) is 10.6. The van der Waals surface area contributed by atoms with Crippen LogP contribution in [0.1, 0.15) is 5.56 Å². The summed E-state index contributed by atoms with van der Waals surface area (Å²) in [5.74, 6) is -0.557. The second-order valence-electron chi connectivity index (χ2n) is 4.56. The number of ether oxygens (including phenoxy) is 1. The number of carbonyl (C=O) groups excluding carboxylic acids is 1. The number of nitrogens with one attached hydrogen (secondary N) is 4. The van der Waals surface area contributed by atoms with Gasteiger partial charge in [-0.25, -0.2) is 15.3 Å². The zero-order valence-corrected chi connectivity index (χ0v) is 14.4. The Balaban J connectivity index is 1.93. The molecule has 0 aliphatic carbocycles. The number of hydrogen-bond donors (Lipinski definition) is 5. The van der Waals surface area contributed by atoms with Crippen molar-refractivity contribution in [2.75, 3.05) is 19.0 Å². The number of rotatable bonds is 6. The highest BCUT2D eigenvalue weighted by Crippen LogP contribution is 2.34. The number of H-pyrrole nitrogens is 2. The first-order valence-electron chi connectivity index (χ1n) is 6.72. The van der Waals surface area contributed by atoms with Gasteiger partial charge in [0.15, 0.2) is 11.5 Å². The van der Waals surface area contributed by atoms with E-state index in [4.69, 9.17) is 4.74 Å². The lowest BCUT2D eigenvalue weighted by molar-refractivity contribution is -0.119. The largest absolute Gasteiger partial charge is 0.503 e. The molecule has 0 unspecified atom stereocenters. The van der Waals surface area contributed by atoms with Crippen molar-refractivity contribution in [1.29, 1.82) is 0 Å². The summed E-state index contributed by atoms with van der Waals surface area (Å²) in [6, 6.07) is 3.10. The molecule has 11 nitrogen and oxygen atoms in total. The van der Waals surface area contributed by atoms with Gasteiger partial charge in [-0.15, -0.1) is 5.10 Å². The summed E-state index contributed by atoms with van der Waals surface area (Å²) < 4.78 is 5.40. The highest BCUT2D eigenvalue weighted by Gasteiger charge is 2.08. The van der Waals surface area contributed by atoms with Gasteiger partial charge in [-0.05, 0) is 33.6 Å². The Labute approximate surface area is 148 Å². The molecule has 0 spiro atoms. The fourth-order valence-electron chi connectivity index (χ4n) is 1.67. The lowest BCUT2D eigenvalue weighted by Gasteiger charge is -2.06. The highest BCUT2D eigenvalue weighted by atomic mass is 79.9. The van der Waals surface area contributed by atoms with Gasteiger partial charge >= 0.3 is 5.69 Å². The van der Waals surface area contributed by atoms with Gasteiger partial charge in [-0.2, -0.15) is 5.10 Å². The van der Waals surface area contributed by atoms with Crippen molar-refractivity contribution < 1.29 is 14.6 Å². The number of hydrazone groups is 1. The van der Waals surface area contributed by atoms with Crippen LogP contribution in [-0.2, 0) is 4.79 Å². The molecule has 0 saturated carbocycles. The van der Waals surface area contributed by atoms with E-state index >= 15 is 0 Å². The maximum atomic E-state index is 11.7.